The number of hydrogen-bond acceptors (Lipinski definition) is 3. The summed E-state index contributed by atoms with van der Waals surface area (Å²) in [5.41, 5.74) is 3.32. The number of thiophene rings is 1. The summed E-state index contributed by atoms with van der Waals surface area (Å²) >= 11 is 1.63. The van der Waals surface area contributed by atoms with Crippen LogP contribution < -0.4 is 10.6 Å². The van der Waals surface area contributed by atoms with Gasteiger partial charge in [0.25, 0.3) is 0 Å². The molecule has 0 aliphatic carbocycles. The first-order valence-corrected chi connectivity index (χ1v) is 8.93. The van der Waals surface area contributed by atoms with E-state index < -0.39 is 5.92 Å². The first-order chi connectivity index (χ1) is 12.2. The van der Waals surface area contributed by atoms with Gasteiger partial charge in [-0.3, -0.25) is 9.59 Å². The second kappa shape index (κ2) is 6.53. The molecule has 5 heteroatoms. The van der Waals surface area contributed by atoms with Crippen LogP contribution in [0.15, 0.2) is 66.0 Å². The van der Waals surface area contributed by atoms with Gasteiger partial charge in [-0.1, -0.05) is 42.5 Å². The number of fused-ring (bicyclic) bond motifs is 1. The van der Waals surface area contributed by atoms with Crippen LogP contribution in [0, 0.1) is 0 Å². The Bertz CT molecular complexity index is 934. The maximum atomic E-state index is 12.9. The lowest BCUT2D eigenvalue weighted by Gasteiger charge is -2.25. The Morgan fingerprint density at radius 2 is 1.84 bits per heavy atom. The van der Waals surface area contributed by atoms with E-state index in [0.29, 0.717) is 5.69 Å². The van der Waals surface area contributed by atoms with E-state index in [9.17, 15) is 9.59 Å². The summed E-state index contributed by atoms with van der Waals surface area (Å²) in [6.45, 7) is 0. The molecule has 124 valence electrons. The summed E-state index contributed by atoms with van der Waals surface area (Å²) in [6, 6.07) is 19.2. The smallest absolute Gasteiger partial charge is 0.232 e. The quantitative estimate of drug-likeness (QED) is 0.733. The molecule has 0 spiro atoms. The number of amides is 2. The third-order valence-corrected chi connectivity index (χ3v) is 5.19. The molecule has 1 aromatic heterocycles. The van der Waals surface area contributed by atoms with Gasteiger partial charge in [0.1, 0.15) is 0 Å². The number of rotatable bonds is 3. The van der Waals surface area contributed by atoms with Gasteiger partial charge in [0, 0.05) is 28.2 Å². The standard InChI is InChI=1S/C20H16N2O2S/c23-19-12-15(13-6-1-3-8-16(13)21-19)20(24)22-17-9-4-2-7-14(17)18-10-5-11-25-18/h1-11,15H,12H2,(H,21,23)(H,22,24). The van der Waals surface area contributed by atoms with E-state index in [4.69, 9.17) is 0 Å². The Hall–Kier alpha value is -2.92. The highest BCUT2D eigenvalue weighted by atomic mass is 32.1. The molecule has 2 heterocycles. The molecule has 1 unspecified atom stereocenters. The van der Waals surface area contributed by atoms with Crippen LogP contribution in [0.2, 0.25) is 0 Å². The average molecular weight is 348 g/mol. The van der Waals surface area contributed by atoms with Crippen LogP contribution >= 0.6 is 11.3 Å². The monoisotopic (exact) mass is 348 g/mol. The highest BCUT2D eigenvalue weighted by Crippen LogP contribution is 2.35. The zero-order valence-corrected chi connectivity index (χ0v) is 14.2. The molecule has 25 heavy (non-hydrogen) atoms. The van der Waals surface area contributed by atoms with Crippen molar-refractivity contribution in [3.05, 3.63) is 71.6 Å². The predicted octanol–water partition coefficient (Wildman–Crippen LogP) is 4.48. The van der Waals surface area contributed by atoms with Gasteiger partial charge in [-0.05, 0) is 29.1 Å². The fourth-order valence-electron chi connectivity index (χ4n) is 3.10. The van der Waals surface area contributed by atoms with Gasteiger partial charge >= 0.3 is 0 Å². The summed E-state index contributed by atoms with van der Waals surface area (Å²) in [6.07, 6.45) is 0.157. The van der Waals surface area contributed by atoms with Crippen molar-refractivity contribution < 1.29 is 9.59 Å². The molecule has 0 bridgehead atoms. The normalized spacial score (nSPS) is 16.0. The molecule has 1 aliphatic rings. The van der Waals surface area contributed by atoms with Crippen molar-refractivity contribution in [1.82, 2.24) is 0 Å². The minimum absolute atomic E-state index is 0.134. The lowest BCUT2D eigenvalue weighted by Crippen LogP contribution is -2.30. The average Bonchev–Trinajstić information content (AvgIpc) is 3.16. The van der Waals surface area contributed by atoms with Gasteiger partial charge < -0.3 is 10.6 Å². The first kappa shape index (κ1) is 15.6. The molecule has 1 atom stereocenters. The van der Waals surface area contributed by atoms with E-state index in [0.717, 1.165) is 21.7 Å². The zero-order chi connectivity index (χ0) is 17.2. The highest BCUT2D eigenvalue weighted by molar-refractivity contribution is 7.13. The van der Waals surface area contributed by atoms with Crippen molar-refractivity contribution in [2.24, 2.45) is 0 Å². The van der Waals surface area contributed by atoms with Crippen LogP contribution in [0.1, 0.15) is 17.9 Å². The van der Waals surface area contributed by atoms with Gasteiger partial charge in [-0.2, -0.15) is 0 Å². The molecule has 0 fully saturated rings. The highest BCUT2D eigenvalue weighted by Gasteiger charge is 2.30. The maximum Gasteiger partial charge on any atom is 0.232 e. The van der Waals surface area contributed by atoms with E-state index in [2.05, 4.69) is 10.6 Å². The summed E-state index contributed by atoms with van der Waals surface area (Å²) < 4.78 is 0. The van der Waals surface area contributed by atoms with Gasteiger partial charge in [0.05, 0.1) is 5.92 Å². The molecule has 2 aromatic carbocycles. The summed E-state index contributed by atoms with van der Waals surface area (Å²) in [4.78, 5) is 26.0. The van der Waals surface area contributed by atoms with Crippen LogP contribution in [0.3, 0.4) is 0 Å². The van der Waals surface area contributed by atoms with Crippen molar-refractivity contribution in [3.8, 4) is 10.4 Å². The first-order valence-electron chi connectivity index (χ1n) is 8.05. The number of benzene rings is 2. The number of hydrogen-bond donors (Lipinski definition) is 2. The summed E-state index contributed by atoms with van der Waals surface area (Å²) in [7, 11) is 0. The van der Waals surface area contributed by atoms with Crippen LogP contribution in [-0.4, -0.2) is 11.8 Å². The number of para-hydroxylation sites is 2. The number of carbonyl (C=O) groups is 2. The van der Waals surface area contributed by atoms with Crippen molar-refractivity contribution in [3.63, 3.8) is 0 Å². The van der Waals surface area contributed by atoms with Crippen molar-refractivity contribution in [2.75, 3.05) is 10.6 Å². The molecular formula is C20H16N2O2S. The SMILES string of the molecule is O=C1CC(C(=O)Nc2ccccc2-c2cccs2)c2ccccc2N1. The fraction of sp³-hybridized carbons (Fsp3) is 0.100. The van der Waals surface area contributed by atoms with E-state index in [-0.39, 0.29) is 18.2 Å². The van der Waals surface area contributed by atoms with E-state index >= 15 is 0 Å². The lowest BCUT2D eigenvalue weighted by atomic mass is 9.89. The Morgan fingerprint density at radius 3 is 2.68 bits per heavy atom. The number of nitrogens with one attached hydrogen (secondary N) is 2. The minimum atomic E-state index is -0.485. The minimum Gasteiger partial charge on any atom is -0.326 e. The number of anilines is 2. The molecule has 0 radical (unpaired) electrons. The molecule has 0 saturated carbocycles. The van der Waals surface area contributed by atoms with E-state index in [1.165, 1.54) is 0 Å². The van der Waals surface area contributed by atoms with Crippen LogP contribution in [0.4, 0.5) is 11.4 Å². The van der Waals surface area contributed by atoms with E-state index in [1.807, 2.05) is 66.0 Å². The van der Waals surface area contributed by atoms with Gasteiger partial charge in [0.2, 0.25) is 11.8 Å². The largest absolute Gasteiger partial charge is 0.326 e. The molecule has 2 amide bonds. The zero-order valence-electron chi connectivity index (χ0n) is 13.4. The topological polar surface area (TPSA) is 58.2 Å². The van der Waals surface area contributed by atoms with Crippen LogP contribution in [-0.2, 0) is 9.59 Å². The molecule has 1 aliphatic heterocycles. The molecule has 2 N–H and O–H groups in total. The molecule has 4 rings (SSSR count). The van der Waals surface area contributed by atoms with Crippen molar-refractivity contribution >= 4 is 34.5 Å². The summed E-state index contributed by atoms with van der Waals surface area (Å²) in [5, 5.41) is 7.85. The van der Waals surface area contributed by atoms with Gasteiger partial charge in [-0.15, -0.1) is 11.3 Å². The summed E-state index contributed by atoms with van der Waals surface area (Å²) in [5.74, 6) is -0.780. The maximum absolute atomic E-state index is 12.9. The Labute approximate surface area is 149 Å². The van der Waals surface area contributed by atoms with Crippen LogP contribution in [0.5, 0.6) is 0 Å². The lowest BCUT2D eigenvalue weighted by molar-refractivity contribution is -0.123. The Balaban J connectivity index is 1.65. The van der Waals surface area contributed by atoms with Crippen molar-refractivity contribution in [2.45, 2.75) is 12.3 Å². The van der Waals surface area contributed by atoms with Crippen LogP contribution in [0.25, 0.3) is 10.4 Å². The molecule has 0 saturated heterocycles. The number of carbonyl (C=O) groups excluding carboxylic acids is 2. The second-order valence-corrected chi connectivity index (χ2v) is 6.85. The van der Waals surface area contributed by atoms with Gasteiger partial charge in [-0.25, -0.2) is 0 Å². The Kier molecular flexibility index (Phi) is 4.07. The second-order valence-electron chi connectivity index (χ2n) is 5.90. The Morgan fingerprint density at radius 1 is 1.04 bits per heavy atom. The predicted molar refractivity (Wildman–Crippen MR) is 101 cm³/mol. The third-order valence-electron chi connectivity index (χ3n) is 4.29. The third kappa shape index (κ3) is 3.06. The van der Waals surface area contributed by atoms with Crippen molar-refractivity contribution in [1.29, 1.82) is 0 Å². The van der Waals surface area contributed by atoms with Gasteiger partial charge in [0.15, 0.2) is 0 Å². The molecule has 3 aromatic rings. The molecule has 4 nitrogen and oxygen atoms in total. The molecular weight excluding hydrogens is 332 g/mol. The fourth-order valence-corrected chi connectivity index (χ4v) is 3.87. The van der Waals surface area contributed by atoms with E-state index in [1.54, 1.807) is 11.3 Å².